The van der Waals surface area contributed by atoms with Gasteiger partial charge in [0.05, 0.1) is 5.69 Å². The average Bonchev–Trinajstić information content (AvgIpc) is 2.31. The predicted molar refractivity (Wildman–Crippen MR) is 58.3 cm³/mol. The number of nitrogens with zero attached hydrogens (tertiary/aromatic N) is 1. The Morgan fingerprint density at radius 1 is 1.31 bits per heavy atom. The van der Waals surface area contributed by atoms with Crippen molar-refractivity contribution < 1.29 is 14.2 Å². The predicted octanol–water partition coefficient (Wildman–Crippen LogP) is 2.20. The van der Waals surface area contributed by atoms with Gasteiger partial charge in [-0.3, -0.25) is 0 Å². The molecule has 0 atom stereocenters. The number of hydrogen-bond donors (Lipinski definition) is 0. The van der Waals surface area contributed by atoms with Gasteiger partial charge in [-0.2, -0.15) is 5.11 Å². The molecule has 1 aliphatic heterocycles. The number of ether oxygens (including phenoxy) is 1. The molecular formula is C12H15FNO2. The van der Waals surface area contributed by atoms with Gasteiger partial charge in [-0.1, -0.05) is 12.1 Å². The van der Waals surface area contributed by atoms with Crippen molar-refractivity contribution in [3.05, 3.63) is 30.1 Å². The van der Waals surface area contributed by atoms with E-state index in [4.69, 9.17) is 4.74 Å². The molecule has 87 valence electrons. The molecule has 0 aromatic heterocycles. The molecule has 4 heteroatoms. The second-order valence-electron chi connectivity index (χ2n) is 4.05. The summed E-state index contributed by atoms with van der Waals surface area (Å²) >= 11 is 0. The Morgan fingerprint density at radius 2 is 1.94 bits per heavy atom. The van der Waals surface area contributed by atoms with Gasteiger partial charge in [-0.05, 0) is 12.1 Å². The zero-order chi connectivity index (χ0) is 11.6. The first-order valence-corrected chi connectivity index (χ1v) is 5.40. The van der Waals surface area contributed by atoms with Crippen molar-refractivity contribution in [3.8, 4) is 0 Å². The van der Waals surface area contributed by atoms with Gasteiger partial charge in [0.15, 0.2) is 0 Å². The normalized spacial score (nSPS) is 19.8. The zero-order valence-corrected chi connectivity index (χ0v) is 9.28. The molecule has 1 aromatic rings. The largest absolute Gasteiger partial charge is 0.369 e. The van der Waals surface area contributed by atoms with Crippen molar-refractivity contribution in [2.45, 2.75) is 18.6 Å². The maximum atomic E-state index is 13.5. The highest BCUT2D eigenvalue weighted by Crippen LogP contribution is 2.28. The molecule has 0 saturated carbocycles. The highest BCUT2D eigenvalue weighted by molar-refractivity contribution is 5.47. The molecule has 16 heavy (non-hydrogen) atoms. The first-order chi connectivity index (χ1) is 7.64. The summed E-state index contributed by atoms with van der Waals surface area (Å²) in [4.78, 5) is 1.89. The van der Waals surface area contributed by atoms with Gasteiger partial charge in [0, 0.05) is 33.0 Å². The molecule has 1 aliphatic rings. The summed E-state index contributed by atoms with van der Waals surface area (Å²) in [5.41, 5.74) is 0.570. The molecule has 0 unspecified atom stereocenters. The number of anilines is 1. The van der Waals surface area contributed by atoms with Crippen LogP contribution in [0.1, 0.15) is 12.8 Å². The summed E-state index contributed by atoms with van der Waals surface area (Å²) in [5.74, 6) is -1.53. The van der Waals surface area contributed by atoms with E-state index >= 15 is 0 Å². The van der Waals surface area contributed by atoms with E-state index in [1.165, 1.54) is 13.2 Å². The summed E-state index contributed by atoms with van der Waals surface area (Å²) in [6.45, 7) is 1.08. The minimum absolute atomic E-state index is 0.238. The van der Waals surface area contributed by atoms with Crippen LogP contribution in [0.4, 0.5) is 10.1 Å². The number of rotatable bonds is 2. The van der Waals surface area contributed by atoms with Crippen LogP contribution < -0.4 is 4.90 Å². The summed E-state index contributed by atoms with van der Waals surface area (Å²) in [5, 5.41) is 11.8. The lowest BCUT2D eigenvalue weighted by molar-refractivity contribution is -0.235. The van der Waals surface area contributed by atoms with Gasteiger partial charge in [0.2, 0.25) is 5.79 Å². The van der Waals surface area contributed by atoms with Crippen LogP contribution in [-0.4, -0.2) is 26.0 Å². The summed E-state index contributed by atoms with van der Waals surface area (Å²) in [6.07, 6.45) is 0.773. The number of halogens is 1. The van der Waals surface area contributed by atoms with Crippen LogP contribution in [0.25, 0.3) is 0 Å². The third kappa shape index (κ3) is 2.18. The summed E-state index contributed by atoms with van der Waals surface area (Å²) in [6, 6.07) is 6.63. The van der Waals surface area contributed by atoms with Gasteiger partial charge in [-0.25, -0.2) is 4.39 Å². The van der Waals surface area contributed by atoms with Crippen LogP contribution in [0, 0.1) is 5.82 Å². The third-order valence-electron chi connectivity index (χ3n) is 3.09. The molecule has 1 fully saturated rings. The molecule has 2 rings (SSSR count). The van der Waals surface area contributed by atoms with E-state index in [2.05, 4.69) is 0 Å². The monoisotopic (exact) mass is 224 g/mol. The second-order valence-corrected chi connectivity index (χ2v) is 4.05. The molecule has 0 spiro atoms. The van der Waals surface area contributed by atoms with Crippen LogP contribution >= 0.6 is 0 Å². The highest BCUT2D eigenvalue weighted by Gasteiger charge is 2.34. The standard InChI is InChI=1S/C12H15FNO2/c1-16-12(15)6-8-14(9-7-12)11-5-3-2-4-10(11)13/h2-5H,6-9H2,1H3. The lowest BCUT2D eigenvalue weighted by atomic mass is 10.0. The Bertz CT molecular complexity index is 362. The fraction of sp³-hybridized carbons (Fsp3) is 0.500. The molecular weight excluding hydrogens is 209 g/mol. The van der Waals surface area contributed by atoms with E-state index in [0.29, 0.717) is 31.6 Å². The van der Waals surface area contributed by atoms with E-state index < -0.39 is 5.79 Å². The van der Waals surface area contributed by atoms with E-state index in [1.54, 1.807) is 18.2 Å². The molecule has 0 aliphatic carbocycles. The van der Waals surface area contributed by atoms with Gasteiger partial charge in [0.25, 0.3) is 0 Å². The van der Waals surface area contributed by atoms with Crippen molar-refractivity contribution in [2.24, 2.45) is 0 Å². The molecule has 1 aromatic carbocycles. The van der Waals surface area contributed by atoms with Crippen LogP contribution in [0.5, 0.6) is 0 Å². The Hall–Kier alpha value is -1.13. The summed E-state index contributed by atoms with van der Waals surface area (Å²) in [7, 11) is 1.44. The van der Waals surface area contributed by atoms with E-state index in [-0.39, 0.29) is 5.82 Å². The maximum Gasteiger partial charge on any atom is 0.204 e. The lowest BCUT2D eigenvalue weighted by Crippen LogP contribution is -2.45. The molecule has 1 heterocycles. The Labute approximate surface area is 94.4 Å². The van der Waals surface area contributed by atoms with Gasteiger partial charge in [0.1, 0.15) is 5.82 Å². The molecule has 0 amide bonds. The van der Waals surface area contributed by atoms with Crippen LogP contribution in [0.2, 0.25) is 0 Å². The maximum absolute atomic E-state index is 13.5. The SMILES string of the molecule is COC1([O])CCN(c2ccccc2F)CC1. The first kappa shape index (κ1) is 11.4. The topological polar surface area (TPSA) is 32.4 Å². The number of hydrogen-bond acceptors (Lipinski definition) is 2. The smallest absolute Gasteiger partial charge is 0.204 e. The van der Waals surface area contributed by atoms with Crippen LogP contribution in [0.15, 0.2) is 24.3 Å². The van der Waals surface area contributed by atoms with Crippen molar-refractivity contribution >= 4 is 5.69 Å². The number of para-hydroxylation sites is 1. The van der Waals surface area contributed by atoms with Crippen molar-refractivity contribution in [1.82, 2.24) is 0 Å². The van der Waals surface area contributed by atoms with Crippen LogP contribution in [0.3, 0.4) is 0 Å². The zero-order valence-electron chi connectivity index (χ0n) is 9.28. The molecule has 1 saturated heterocycles. The van der Waals surface area contributed by atoms with Crippen LogP contribution in [-0.2, 0) is 9.84 Å². The summed E-state index contributed by atoms with van der Waals surface area (Å²) < 4.78 is 18.4. The van der Waals surface area contributed by atoms with E-state index in [9.17, 15) is 9.50 Å². The van der Waals surface area contributed by atoms with Gasteiger partial charge in [-0.15, -0.1) is 0 Å². The fourth-order valence-corrected chi connectivity index (χ4v) is 2.00. The number of benzene rings is 1. The average molecular weight is 224 g/mol. The van der Waals surface area contributed by atoms with E-state index in [1.807, 2.05) is 4.90 Å². The molecule has 1 radical (unpaired) electrons. The van der Waals surface area contributed by atoms with Gasteiger partial charge < -0.3 is 9.64 Å². The number of methoxy groups -OCH3 is 1. The Morgan fingerprint density at radius 3 is 2.50 bits per heavy atom. The fourth-order valence-electron chi connectivity index (χ4n) is 2.00. The molecule has 0 bridgehead atoms. The van der Waals surface area contributed by atoms with E-state index in [0.717, 1.165) is 0 Å². The first-order valence-electron chi connectivity index (χ1n) is 5.40. The van der Waals surface area contributed by atoms with Gasteiger partial charge >= 0.3 is 0 Å². The number of piperidine rings is 1. The lowest BCUT2D eigenvalue weighted by Gasteiger charge is -2.36. The molecule has 3 nitrogen and oxygen atoms in total. The molecule has 0 N–H and O–H groups in total. The Kier molecular flexibility index (Phi) is 3.12. The highest BCUT2D eigenvalue weighted by atomic mass is 19.1. The minimum atomic E-state index is -1.29. The second kappa shape index (κ2) is 4.39. The van der Waals surface area contributed by atoms with Crippen molar-refractivity contribution in [3.63, 3.8) is 0 Å². The van der Waals surface area contributed by atoms with Crippen molar-refractivity contribution in [2.75, 3.05) is 25.1 Å². The Balaban J connectivity index is 2.07. The minimum Gasteiger partial charge on any atom is -0.369 e. The quantitative estimate of drug-likeness (QED) is 0.721. The van der Waals surface area contributed by atoms with Crippen molar-refractivity contribution in [1.29, 1.82) is 0 Å². The third-order valence-corrected chi connectivity index (χ3v) is 3.09.